The second-order valence-corrected chi connectivity index (χ2v) is 6.16. The third kappa shape index (κ3) is 3.58. The quantitative estimate of drug-likeness (QED) is 0.698. The highest BCUT2D eigenvalue weighted by atomic mass is 19.2. The molecule has 3 aromatic rings. The largest absolute Gasteiger partial charge is 0.379 e. The summed E-state index contributed by atoms with van der Waals surface area (Å²) in [6.45, 7) is 2.16. The Bertz CT molecular complexity index is 941. The third-order valence-corrected chi connectivity index (χ3v) is 4.46. The zero-order valence-corrected chi connectivity index (χ0v) is 14.2. The number of aromatic nitrogens is 2. The Kier molecular flexibility index (Phi) is 4.91. The summed E-state index contributed by atoms with van der Waals surface area (Å²) in [5.41, 5.74) is 0.679. The highest BCUT2D eigenvalue weighted by Gasteiger charge is 2.31. The molecule has 1 saturated heterocycles. The van der Waals surface area contributed by atoms with E-state index >= 15 is 0 Å². The van der Waals surface area contributed by atoms with Gasteiger partial charge in [-0.3, -0.25) is 4.90 Å². The molecule has 0 amide bonds. The Balaban J connectivity index is 1.73. The molecule has 5 nitrogen and oxygen atoms in total. The van der Waals surface area contributed by atoms with Gasteiger partial charge in [-0.25, -0.2) is 13.2 Å². The fourth-order valence-electron chi connectivity index (χ4n) is 3.12. The molecule has 2 heterocycles. The zero-order chi connectivity index (χ0) is 18.8. The zero-order valence-electron chi connectivity index (χ0n) is 14.2. The lowest BCUT2D eigenvalue weighted by Crippen LogP contribution is -2.40. The Morgan fingerprint density at radius 3 is 2.44 bits per heavy atom. The van der Waals surface area contributed by atoms with Gasteiger partial charge in [-0.05, 0) is 24.3 Å². The molecule has 1 aromatic heterocycles. The topological polar surface area (TPSA) is 51.4 Å². The van der Waals surface area contributed by atoms with Gasteiger partial charge in [0.2, 0.25) is 11.7 Å². The van der Waals surface area contributed by atoms with Crippen LogP contribution in [0.4, 0.5) is 13.2 Å². The number of hydrogen-bond donors (Lipinski definition) is 0. The maximum atomic E-state index is 14.5. The lowest BCUT2D eigenvalue weighted by molar-refractivity contribution is 0.0174. The third-order valence-electron chi connectivity index (χ3n) is 4.46. The van der Waals surface area contributed by atoms with E-state index in [0.717, 1.165) is 12.1 Å². The Morgan fingerprint density at radius 1 is 0.926 bits per heavy atom. The predicted molar refractivity (Wildman–Crippen MR) is 90.3 cm³/mol. The first-order chi connectivity index (χ1) is 13.1. The summed E-state index contributed by atoms with van der Waals surface area (Å²) >= 11 is 0. The van der Waals surface area contributed by atoms with Crippen molar-refractivity contribution in [2.75, 3.05) is 26.3 Å². The van der Waals surface area contributed by atoms with Gasteiger partial charge < -0.3 is 9.26 Å². The minimum atomic E-state index is -1.00. The van der Waals surface area contributed by atoms with Crippen molar-refractivity contribution >= 4 is 0 Å². The number of rotatable bonds is 4. The Hall–Kier alpha value is -2.71. The van der Waals surface area contributed by atoms with Crippen LogP contribution in [0, 0.1) is 17.5 Å². The van der Waals surface area contributed by atoms with E-state index in [1.54, 1.807) is 18.2 Å². The fraction of sp³-hybridized carbons (Fsp3) is 0.263. The average Bonchev–Trinajstić information content (AvgIpc) is 3.16. The number of nitrogens with zero attached hydrogens (tertiary/aromatic N) is 3. The monoisotopic (exact) mass is 375 g/mol. The molecular weight excluding hydrogens is 359 g/mol. The molecule has 27 heavy (non-hydrogen) atoms. The number of halogens is 3. The molecule has 1 fully saturated rings. The summed E-state index contributed by atoms with van der Waals surface area (Å²) in [6.07, 6.45) is 0. The van der Waals surface area contributed by atoms with Gasteiger partial charge in [0.15, 0.2) is 11.6 Å². The standard InChI is InChI=1S/C19H16F3N3O2/c20-14-4-2-1-3-13(14)17(25-7-9-26-10-8-25)19-23-18(24-27-19)12-5-6-15(21)16(22)11-12/h1-6,11,17H,7-10H2/t17-/m1/s1. The summed E-state index contributed by atoms with van der Waals surface area (Å²) in [7, 11) is 0. The summed E-state index contributed by atoms with van der Waals surface area (Å²) in [5.74, 6) is -2.06. The number of morpholine rings is 1. The van der Waals surface area contributed by atoms with Crippen LogP contribution < -0.4 is 0 Å². The molecule has 0 saturated carbocycles. The van der Waals surface area contributed by atoms with E-state index in [1.165, 1.54) is 12.1 Å². The molecule has 0 bridgehead atoms. The molecule has 0 radical (unpaired) electrons. The lowest BCUT2D eigenvalue weighted by Gasteiger charge is -2.32. The van der Waals surface area contributed by atoms with Gasteiger partial charge in [0.25, 0.3) is 0 Å². The van der Waals surface area contributed by atoms with E-state index in [9.17, 15) is 13.2 Å². The normalized spacial score (nSPS) is 16.4. The number of hydrogen-bond acceptors (Lipinski definition) is 5. The van der Waals surface area contributed by atoms with Gasteiger partial charge in [-0.2, -0.15) is 4.98 Å². The maximum absolute atomic E-state index is 14.5. The van der Waals surface area contributed by atoms with Crippen molar-refractivity contribution < 1.29 is 22.4 Å². The van der Waals surface area contributed by atoms with Gasteiger partial charge in [0, 0.05) is 24.2 Å². The fourth-order valence-corrected chi connectivity index (χ4v) is 3.12. The van der Waals surface area contributed by atoms with Crippen LogP contribution in [0.5, 0.6) is 0 Å². The first kappa shape index (κ1) is 17.7. The van der Waals surface area contributed by atoms with Crippen molar-refractivity contribution in [2.45, 2.75) is 6.04 Å². The minimum Gasteiger partial charge on any atom is -0.379 e. The molecule has 2 aromatic carbocycles. The summed E-state index contributed by atoms with van der Waals surface area (Å²) in [5, 5.41) is 3.87. The van der Waals surface area contributed by atoms with Crippen LogP contribution in [0.3, 0.4) is 0 Å². The summed E-state index contributed by atoms with van der Waals surface area (Å²) in [4.78, 5) is 6.32. The smallest absolute Gasteiger partial charge is 0.249 e. The molecule has 1 atom stereocenters. The second-order valence-electron chi connectivity index (χ2n) is 6.16. The predicted octanol–water partition coefficient (Wildman–Crippen LogP) is 3.58. The van der Waals surface area contributed by atoms with E-state index in [2.05, 4.69) is 10.1 Å². The number of benzene rings is 2. The maximum Gasteiger partial charge on any atom is 0.249 e. The lowest BCUT2D eigenvalue weighted by atomic mass is 10.0. The molecule has 1 aliphatic heterocycles. The minimum absolute atomic E-state index is 0.110. The summed E-state index contributed by atoms with van der Waals surface area (Å²) < 4.78 is 51.9. The van der Waals surface area contributed by atoms with Crippen molar-refractivity contribution in [3.05, 3.63) is 71.4 Å². The van der Waals surface area contributed by atoms with Crippen molar-refractivity contribution in [2.24, 2.45) is 0 Å². The van der Waals surface area contributed by atoms with Crippen LogP contribution in [0.15, 0.2) is 47.0 Å². The Labute approximate surface area is 153 Å². The Morgan fingerprint density at radius 2 is 1.70 bits per heavy atom. The molecule has 4 rings (SSSR count). The molecule has 0 aliphatic carbocycles. The van der Waals surface area contributed by atoms with Crippen molar-refractivity contribution in [3.8, 4) is 11.4 Å². The highest BCUT2D eigenvalue weighted by Crippen LogP contribution is 2.31. The first-order valence-corrected chi connectivity index (χ1v) is 8.49. The van der Waals surface area contributed by atoms with Gasteiger partial charge in [-0.1, -0.05) is 23.4 Å². The van der Waals surface area contributed by atoms with Gasteiger partial charge in [-0.15, -0.1) is 0 Å². The SMILES string of the molecule is Fc1ccc(-c2noc([C@@H](c3ccccc3F)N3CCOCC3)n2)cc1F. The number of ether oxygens (including phenoxy) is 1. The van der Waals surface area contributed by atoms with Gasteiger partial charge >= 0.3 is 0 Å². The molecular formula is C19H16F3N3O2. The first-order valence-electron chi connectivity index (χ1n) is 8.49. The molecule has 0 unspecified atom stereocenters. The molecule has 140 valence electrons. The summed E-state index contributed by atoms with van der Waals surface area (Å²) in [6, 6.07) is 9.13. The molecule has 8 heteroatoms. The van der Waals surface area contributed by atoms with Crippen molar-refractivity contribution in [1.29, 1.82) is 0 Å². The van der Waals surface area contributed by atoms with E-state index in [1.807, 2.05) is 4.90 Å². The van der Waals surface area contributed by atoms with Crippen molar-refractivity contribution in [3.63, 3.8) is 0 Å². The van der Waals surface area contributed by atoms with Crippen LogP contribution >= 0.6 is 0 Å². The van der Waals surface area contributed by atoms with Crippen LogP contribution in [-0.2, 0) is 4.74 Å². The highest BCUT2D eigenvalue weighted by molar-refractivity contribution is 5.54. The van der Waals surface area contributed by atoms with E-state index in [-0.39, 0.29) is 23.1 Å². The van der Waals surface area contributed by atoms with E-state index in [4.69, 9.17) is 9.26 Å². The van der Waals surface area contributed by atoms with Gasteiger partial charge in [0.1, 0.15) is 11.9 Å². The van der Waals surface area contributed by atoms with Crippen LogP contribution in [-0.4, -0.2) is 41.3 Å². The average molecular weight is 375 g/mol. The second kappa shape index (κ2) is 7.50. The van der Waals surface area contributed by atoms with E-state index in [0.29, 0.717) is 31.9 Å². The van der Waals surface area contributed by atoms with Crippen LogP contribution in [0.2, 0.25) is 0 Å². The molecule has 0 N–H and O–H groups in total. The van der Waals surface area contributed by atoms with Crippen LogP contribution in [0.1, 0.15) is 17.5 Å². The molecule has 1 aliphatic rings. The van der Waals surface area contributed by atoms with Gasteiger partial charge in [0.05, 0.1) is 13.2 Å². The van der Waals surface area contributed by atoms with E-state index < -0.39 is 17.7 Å². The molecule has 0 spiro atoms. The van der Waals surface area contributed by atoms with Crippen LogP contribution in [0.25, 0.3) is 11.4 Å². The van der Waals surface area contributed by atoms with Crippen molar-refractivity contribution in [1.82, 2.24) is 15.0 Å².